The van der Waals surface area contributed by atoms with E-state index in [1.165, 1.54) is 0 Å². The van der Waals surface area contributed by atoms with Gasteiger partial charge >= 0.3 is 6.75 Å². The van der Waals surface area contributed by atoms with Gasteiger partial charge in [0.15, 0.2) is 0 Å². The fourth-order valence-corrected chi connectivity index (χ4v) is 0.289. The minimum atomic E-state index is -1.46. The van der Waals surface area contributed by atoms with E-state index in [0.717, 1.165) is 0 Å². The molecule has 0 saturated carbocycles. The molecule has 0 radical (unpaired) electrons. The van der Waals surface area contributed by atoms with E-state index in [1.54, 1.807) is 28.2 Å². The molecule has 0 spiro atoms. The summed E-state index contributed by atoms with van der Waals surface area (Å²) in [6.07, 6.45) is 0. The summed E-state index contributed by atoms with van der Waals surface area (Å²) in [6.45, 7) is 0.292. The van der Waals surface area contributed by atoms with Crippen molar-refractivity contribution < 1.29 is 14.0 Å². The van der Waals surface area contributed by atoms with Crippen molar-refractivity contribution in [2.75, 3.05) is 21.3 Å². The Bertz CT molecular complexity index is 54.0. The van der Waals surface area contributed by atoms with Gasteiger partial charge in [-0.2, -0.15) is 0 Å². The average Bonchev–Trinajstić information content (AvgIpc) is 1.87. The van der Waals surface area contributed by atoms with E-state index in [-0.39, 0.29) is 0 Å². The normalized spacial score (nSPS) is 12.0. The van der Waals surface area contributed by atoms with E-state index in [9.17, 15) is 0 Å². The zero-order chi connectivity index (χ0) is 6.62. The van der Waals surface area contributed by atoms with Crippen molar-refractivity contribution in [2.24, 2.45) is 0 Å². The largest absolute Gasteiger partial charge is 0.547 e. The molecule has 0 aliphatic heterocycles. The zero-order valence-corrected chi connectivity index (χ0v) is 5.80. The SMILES string of the molecule is CO[B-](C)(OC)OC. The monoisotopic (exact) mass is 119 g/mol. The molecule has 0 saturated heterocycles. The third-order valence-electron chi connectivity index (χ3n) is 1.28. The molecule has 0 atom stereocenters. The summed E-state index contributed by atoms with van der Waals surface area (Å²) in [5.74, 6) is 0. The molecule has 3 nitrogen and oxygen atoms in total. The highest BCUT2D eigenvalue weighted by atomic mass is 16.7. The molecular formula is C4H12BO3-. The van der Waals surface area contributed by atoms with Gasteiger partial charge in [-0.15, -0.1) is 6.82 Å². The van der Waals surface area contributed by atoms with Crippen molar-refractivity contribution in [2.45, 2.75) is 6.82 Å². The first-order valence-corrected chi connectivity index (χ1v) is 2.51. The van der Waals surface area contributed by atoms with Gasteiger partial charge in [0.1, 0.15) is 0 Å². The predicted octanol–water partition coefficient (Wildman–Crippen LogP) is 0.494. The molecule has 50 valence electrons. The van der Waals surface area contributed by atoms with Crippen LogP contribution in [0.5, 0.6) is 0 Å². The molecule has 0 fully saturated rings. The lowest BCUT2D eigenvalue weighted by atomic mass is 9.83. The van der Waals surface area contributed by atoms with E-state index in [1.807, 2.05) is 0 Å². The first-order chi connectivity index (χ1) is 3.68. The second-order valence-corrected chi connectivity index (χ2v) is 1.70. The molecule has 0 aromatic heterocycles. The van der Waals surface area contributed by atoms with Crippen LogP contribution in [0.25, 0.3) is 0 Å². The zero-order valence-electron chi connectivity index (χ0n) is 5.80. The predicted molar refractivity (Wildman–Crippen MR) is 32.6 cm³/mol. The van der Waals surface area contributed by atoms with Crippen molar-refractivity contribution in [3.63, 3.8) is 0 Å². The molecule has 0 rings (SSSR count). The molecule has 0 aliphatic rings. The molecule has 4 heteroatoms. The second kappa shape index (κ2) is 3.07. The van der Waals surface area contributed by atoms with Gasteiger partial charge in [0, 0.05) is 0 Å². The molecule has 0 aliphatic carbocycles. The Morgan fingerprint density at radius 2 is 1.12 bits per heavy atom. The van der Waals surface area contributed by atoms with Crippen molar-refractivity contribution in [3.05, 3.63) is 0 Å². The van der Waals surface area contributed by atoms with E-state index in [2.05, 4.69) is 0 Å². The van der Waals surface area contributed by atoms with Crippen LogP contribution in [-0.2, 0) is 14.0 Å². The summed E-state index contributed by atoms with van der Waals surface area (Å²) in [5.41, 5.74) is 0. The Kier molecular flexibility index (Phi) is 3.05. The average molecular weight is 119 g/mol. The minimum Gasteiger partial charge on any atom is -0.547 e. The summed E-state index contributed by atoms with van der Waals surface area (Å²) in [4.78, 5) is 0. The van der Waals surface area contributed by atoms with Crippen LogP contribution in [0.15, 0.2) is 0 Å². The van der Waals surface area contributed by atoms with Crippen LogP contribution in [0.2, 0.25) is 6.82 Å². The molecule has 0 N–H and O–H groups in total. The highest BCUT2D eigenvalue weighted by Crippen LogP contribution is 2.02. The van der Waals surface area contributed by atoms with Crippen LogP contribution >= 0.6 is 0 Å². The van der Waals surface area contributed by atoms with Crippen molar-refractivity contribution in [1.29, 1.82) is 0 Å². The first kappa shape index (κ1) is 7.94. The summed E-state index contributed by atoms with van der Waals surface area (Å²) in [5, 5.41) is 0. The summed E-state index contributed by atoms with van der Waals surface area (Å²) >= 11 is 0. The molecule has 0 aromatic carbocycles. The molecule has 0 aromatic rings. The second-order valence-electron chi connectivity index (χ2n) is 1.70. The number of hydrogen-bond acceptors (Lipinski definition) is 3. The van der Waals surface area contributed by atoms with E-state index < -0.39 is 6.75 Å². The van der Waals surface area contributed by atoms with Crippen LogP contribution in [0.1, 0.15) is 0 Å². The Labute approximate surface area is 49.9 Å². The van der Waals surface area contributed by atoms with Crippen molar-refractivity contribution in [3.8, 4) is 0 Å². The summed E-state index contributed by atoms with van der Waals surface area (Å²) in [6, 6.07) is 0. The fourth-order valence-electron chi connectivity index (χ4n) is 0.289. The fraction of sp³-hybridized carbons (Fsp3) is 1.00. The molecule has 0 bridgehead atoms. The van der Waals surface area contributed by atoms with Crippen LogP contribution in [0, 0.1) is 0 Å². The van der Waals surface area contributed by atoms with Crippen molar-refractivity contribution in [1.82, 2.24) is 0 Å². The van der Waals surface area contributed by atoms with E-state index in [0.29, 0.717) is 0 Å². The van der Waals surface area contributed by atoms with Gasteiger partial charge < -0.3 is 14.0 Å². The molecule has 0 unspecified atom stereocenters. The lowest BCUT2D eigenvalue weighted by molar-refractivity contribution is 0.132. The maximum absolute atomic E-state index is 4.85. The maximum Gasteiger partial charge on any atom is 0.375 e. The highest BCUT2D eigenvalue weighted by Gasteiger charge is 2.16. The first-order valence-electron chi connectivity index (χ1n) is 2.51. The molecule has 0 amide bonds. The van der Waals surface area contributed by atoms with E-state index >= 15 is 0 Å². The topological polar surface area (TPSA) is 27.7 Å². The third-order valence-corrected chi connectivity index (χ3v) is 1.28. The summed E-state index contributed by atoms with van der Waals surface area (Å²) < 4.78 is 14.6. The van der Waals surface area contributed by atoms with Crippen LogP contribution in [0.4, 0.5) is 0 Å². The Hall–Kier alpha value is -0.0551. The maximum atomic E-state index is 4.85. The molecule has 0 heterocycles. The van der Waals surface area contributed by atoms with Gasteiger partial charge in [0.2, 0.25) is 0 Å². The lowest BCUT2D eigenvalue weighted by Crippen LogP contribution is -2.38. The quantitative estimate of drug-likeness (QED) is 0.506. The van der Waals surface area contributed by atoms with Gasteiger partial charge in [0.05, 0.1) is 0 Å². The Morgan fingerprint density at radius 3 is 1.12 bits per heavy atom. The van der Waals surface area contributed by atoms with Crippen molar-refractivity contribution >= 4 is 6.75 Å². The van der Waals surface area contributed by atoms with Gasteiger partial charge in [-0.3, -0.25) is 0 Å². The highest BCUT2D eigenvalue weighted by molar-refractivity contribution is 6.58. The summed E-state index contributed by atoms with van der Waals surface area (Å²) in [7, 11) is 4.65. The van der Waals surface area contributed by atoms with Gasteiger partial charge in [0.25, 0.3) is 0 Å². The number of rotatable bonds is 3. The third kappa shape index (κ3) is 1.82. The van der Waals surface area contributed by atoms with Crippen LogP contribution in [0.3, 0.4) is 0 Å². The standard InChI is InChI=1S/C4H12BO3/c1-5(6-2,7-3)8-4/h1-4H3/q-1. The number of hydrogen-bond donors (Lipinski definition) is 0. The van der Waals surface area contributed by atoms with Gasteiger partial charge in [-0.1, -0.05) is 0 Å². The minimum absolute atomic E-state index is 1.46. The van der Waals surface area contributed by atoms with Crippen LogP contribution < -0.4 is 0 Å². The molecular weight excluding hydrogens is 107 g/mol. The Balaban J connectivity index is 3.58. The molecule has 8 heavy (non-hydrogen) atoms. The Morgan fingerprint density at radius 1 is 0.875 bits per heavy atom. The van der Waals surface area contributed by atoms with Gasteiger partial charge in [-0.05, 0) is 21.3 Å². The smallest absolute Gasteiger partial charge is 0.375 e. The van der Waals surface area contributed by atoms with E-state index in [4.69, 9.17) is 14.0 Å². The van der Waals surface area contributed by atoms with Gasteiger partial charge in [-0.25, -0.2) is 0 Å². The van der Waals surface area contributed by atoms with Crippen LogP contribution in [-0.4, -0.2) is 28.1 Å². The lowest BCUT2D eigenvalue weighted by Gasteiger charge is -2.32.